The van der Waals surface area contributed by atoms with Crippen molar-refractivity contribution in [2.75, 3.05) is 13.1 Å². The van der Waals surface area contributed by atoms with Gasteiger partial charge in [0.05, 0.1) is 6.54 Å². The van der Waals surface area contributed by atoms with Crippen LogP contribution in [0.2, 0.25) is 0 Å². The number of piperidine rings is 1. The number of rotatable bonds is 4. The summed E-state index contributed by atoms with van der Waals surface area (Å²) in [6.45, 7) is 3.81. The van der Waals surface area contributed by atoms with Crippen LogP contribution in [0.15, 0.2) is 16.8 Å². The fourth-order valence-corrected chi connectivity index (χ4v) is 2.94. The largest absolute Gasteiger partial charge is 0.396 e. The van der Waals surface area contributed by atoms with Gasteiger partial charge in [0.25, 0.3) is 0 Å². The third-order valence-electron chi connectivity index (χ3n) is 3.95. The van der Waals surface area contributed by atoms with E-state index in [2.05, 4.69) is 25.0 Å². The molecule has 3 rings (SSSR count). The second-order valence-electron chi connectivity index (χ2n) is 6.00. The highest BCUT2D eigenvalue weighted by Crippen LogP contribution is 2.26. The molecular formula is C15H18F3N5O. The number of nitrogens with zero attached hydrogens (tertiary/aromatic N) is 5. The van der Waals surface area contributed by atoms with E-state index in [0.29, 0.717) is 6.54 Å². The summed E-state index contributed by atoms with van der Waals surface area (Å²) in [4.78, 5) is 14.5. The molecule has 1 saturated heterocycles. The van der Waals surface area contributed by atoms with Crippen molar-refractivity contribution in [3.63, 3.8) is 0 Å². The van der Waals surface area contributed by atoms with E-state index in [1.807, 2.05) is 13.0 Å². The van der Waals surface area contributed by atoms with Gasteiger partial charge in [0, 0.05) is 24.4 Å². The number of aryl methyl sites for hydroxylation is 1. The molecule has 1 aliphatic heterocycles. The third-order valence-corrected chi connectivity index (χ3v) is 3.95. The van der Waals surface area contributed by atoms with Crippen molar-refractivity contribution in [3.05, 3.63) is 35.5 Å². The highest BCUT2D eigenvalue weighted by atomic mass is 19.4. The van der Waals surface area contributed by atoms with E-state index in [-0.39, 0.29) is 17.6 Å². The molecule has 0 bridgehead atoms. The molecule has 0 aromatic carbocycles. The lowest BCUT2D eigenvalue weighted by Gasteiger charge is -2.31. The number of halogens is 3. The van der Waals surface area contributed by atoms with Crippen molar-refractivity contribution in [3.8, 4) is 0 Å². The Labute approximate surface area is 137 Å². The van der Waals surface area contributed by atoms with Crippen LogP contribution in [0, 0.1) is 6.92 Å². The van der Waals surface area contributed by atoms with Crippen LogP contribution in [0.25, 0.3) is 0 Å². The summed E-state index contributed by atoms with van der Waals surface area (Å²) in [5.41, 5.74) is 0.996. The molecule has 0 saturated carbocycles. The average Bonchev–Trinajstić information content (AvgIpc) is 2.92. The first-order valence-electron chi connectivity index (χ1n) is 7.79. The summed E-state index contributed by atoms with van der Waals surface area (Å²) in [6.07, 6.45) is -1.74. The van der Waals surface area contributed by atoms with Crippen molar-refractivity contribution in [1.29, 1.82) is 0 Å². The fraction of sp³-hybridized carbons (Fsp3) is 0.600. The van der Waals surface area contributed by atoms with Gasteiger partial charge >= 0.3 is 6.18 Å². The van der Waals surface area contributed by atoms with Gasteiger partial charge < -0.3 is 4.52 Å². The van der Waals surface area contributed by atoms with Gasteiger partial charge in [0.2, 0.25) is 5.89 Å². The van der Waals surface area contributed by atoms with Crippen molar-refractivity contribution in [2.24, 2.45) is 0 Å². The molecule has 0 N–H and O–H groups in total. The second kappa shape index (κ2) is 6.84. The van der Waals surface area contributed by atoms with Gasteiger partial charge in [-0.15, -0.1) is 0 Å². The molecular weight excluding hydrogens is 323 g/mol. The number of hydrogen-bond acceptors (Lipinski definition) is 6. The number of hydrogen-bond donors (Lipinski definition) is 0. The molecule has 0 radical (unpaired) electrons. The first-order valence-corrected chi connectivity index (χ1v) is 7.79. The van der Waals surface area contributed by atoms with Crippen molar-refractivity contribution < 1.29 is 17.7 Å². The molecule has 130 valence electrons. The Morgan fingerprint density at radius 1 is 1.33 bits per heavy atom. The van der Waals surface area contributed by atoms with Gasteiger partial charge in [-0.1, -0.05) is 5.16 Å². The Hall–Kier alpha value is -2.03. The van der Waals surface area contributed by atoms with Crippen LogP contribution in [0.3, 0.4) is 0 Å². The zero-order valence-corrected chi connectivity index (χ0v) is 13.3. The monoisotopic (exact) mass is 341 g/mol. The maximum atomic E-state index is 12.3. The normalized spacial score (nSPS) is 19.6. The van der Waals surface area contributed by atoms with Gasteiger partial charge in [0.15, 0.2) is 5.82 Å². The average molecular weight is 341 g/mol. The maximum Gasteiger partial charge on any atom is 0.396 e. The van der Waals surface area contributed by atoms with Crippen molar-refractivity contribution in [1.82, 2.24) is 25.0 Å². The van der Waals surface area contributed by atoms with Gasteiger partial charge in [-0.2, -0.15) is 18.2 Å². The minimum atomic E-state index is -4.33. The summed E-state index contributed by atoms with van der Waals surface area (Å²) in [5.74, 6) is 0.905. The smallest absolute Gasteiger partial charge is 0.338 e. The SMILES string of the molecule is Cc1nccc(C2CCCN(Cc3nc(CC(F)(F)F)no3)C2)n1. The van der Waals surface area contributed by atoms with Crippen LogP contribution < -0.4 is 0 Å². The molecule has 0 spiro atoms. The molecule has 1 atom stereocenters. The summed E-state index contributed by atoms with van der Waals surface area (Å²) in [5, 5.41) is 3.40. The molecule has 1 unspecified atom stereocenters. The fourth-order valence-electron chi connectivity index (χ4n) is 2.94. The Bertz CT molecular complexity index is 688. The Kier molecular flexibility index (Phi) is 4.79. The first-order chi connectivity index (χ1) is 11.4. The van der Waals surface area contributed by atoms with Crippen LogP contribution in [0.5, 0.6) is 0 Å². The van der Waals surface area contributed by atoms with Gasteiger partial charge in [-0.3, -0.25) is 4.90 Å². The molecule has 1 fully saturated rings. The van der Waals surface area contributed by atoms with Crippen LogP contribution in [-0.2, 0) is 13.0 Å². The van der Waals surface area contributed by atoms with Crippen LogP contribution in [0.1, 0.15) is 42.0 Å². The van der Waals surface area contributed by atoms with Crippen LogP contribution in [0.4, 0.5) is 13.2 Å². The summed E-state index contributed by atoms with van der Waals surface area (Å²) >= 11 is 0. The number of alkyl halides is 3. The van der Waals surface area contributed by atoms with E-state index >= 15 is 0 Å². The molecule has 9 heteroatoms. The Morgan fingerprint density at radius 3 is 2.92 bits per heavy atom. The zero-order valence-electron chi connectivity index (χ0n) is 13.3. The molecule has 2 aromatic rings. The lowest BCUT2D eigenvalue weighted by molar-refractivity contribution is -0.128. The first kappa shape index (κ1) is 16.8. The molecule has 24 heavy (non-hydrogen) atoms. The highest BCUT2D eigenvalue weighted by Gasteiger charge is 2.31. The summed E-state index contributed by atoms with van der Waals surface area (Å²) < 4.78 is 42.0. The van der Waals surface area contributed by atoms with E-state index in [1.54, 1.807) is 6.20 Å². The Morgan fingerprint density at radius 2 is 2.17 bits per heavy atom. The number of likely N-dealkylation sites (tertiary alicyclic amines) is 1. The van der Waals surface area contributed by atoms with E-state index in [4.69, 9.17) is 4.52 Å². The maximum absolute atomic E-state index is 12.3. The van der Waals surface area contributed by atoms with E-state index in [9.17, 15) is 13.2 Å². The molecule has 6 nitrogen and oxygen atoms in total. The Balaban J connectivity index is 1.61. The quantitative estimate of drug-likeness (QED) is 0.852. The second-order valence-corrected chi connectivity index (χ2v) is 6.00. The minimum Gasteiger partial charge on any atom is -0.338 e. The molecule has 1 aliphatic rings. The predicted molar refractivity (Wildman–Crippen MR) is 78.1 cm³/mol. The van der Waals surface area contributed by atoms with E-state index < -0.39 is 12.6 Å². The lowest BCUT2D eigenvalue weighted by atomic mass is 9.94. The predicted octanol–water partition coefficient (Wildman–Crippen LogP) is 2.65. The number of aromatic nitrogens is 4. The van der Waals surface area contributed by atoms with Gasteiger partial charge in [0.1, 0.15) is 12.2 Å². The van der Waals surface area contributed by atoms with E-state index in [1.165, 1.54) is 0 Å². The topological polar surface area (TPSA) is 67.9 Å². The van der Waals surface area contributed by atoms with Gasteiger partial charge in [-0.05, 0) is 32.4 Å². The van der Waals surface area contributed by atoms with Crippen LogP contribution >= 0.6 is 0 Å². The summed E-state index contributed by atoms with van der Waals surface area (Å²) in [7, 11) is 0. The highest BCUT2D eigenvalue weighted by molar-refractivity contribution is 5.10. The standard InChI is InChI=1S/C15H18F3N5O/c1-10-19-5-4-12(20-10)11-3-2-6-23(8-11)9-14-21-13(22-24-14)7-15(16,17)18/h4-5,11H,2-3,6-9H2,1H3. The lowest BCUT2D eigenvalue weighted by Crippen LogP contribution is -2.34. The zero-order chi connectivity index (χ0) is 17.2. The molecule has 0 aliphatic carbocycles. The minimum absolute atomic E-state index is 0.216. The van der Waals surface area contributed by atoms with E-state index in [0.717, 1.165) is 37.4 Å². The molecule has 3 heterocycles. The van der Waals surface area contributed by atoms with Crippen LogP contribution in [-0.4, -0.2) is 44.3 Å². The summed E-state index contributed by atoms with van der Waals surface area (Å²) in [6, 6.07) is 1.91. The van der Waals surface area contributed by atoms with Gasteiger partial charge in [-0.25, -0.2) is 9.97 Å². The third kappa shape index (κ3) is 4.50. The molecule has 0 amide bonds. The van der Waals surface area contributed by atoms with Crippen molar-refractivity contribution in [2.45, 2.75) is 44.8 Å². The van der Waals surface area contributed by atoms with Crippen molar-refractivity contribution >= 4 is 0 Å². The molecule has 2 aromatic heterocycles.